The third kappa shape index (κ3) is 3.81. The summed E-state index contributed by atoms with van der Waals surface area (Å²) in [5.41, 5.74) is 0. The molecule has 1 rings (SSSR count). The van der Waals surface area contributed by atoms with Crippen LogP contribution in [0.25, 0.3) is 0 Å². The van der Waals surface area contributed by atoms with Crippen LogP contribution < -0.4 is 10.6 Å². The molecular weight excluding hydrogens is 222 g/mol. The predicted molar refractivity (Wildman–Crippen MR) is 62.1 cm³/mol. The van der Waals surface area contributed by atoms with Crippen LogP contribution in [0.2, 0.25) is 0 Å². The van der Waals surface area contributed by atoms with E-state index >= 15 is 0 Å². The molecule has 1 aliphatic rings. The fourth-order valence-electron chi connectivity index (χ4n) is 1.79. The number of nitrogens with one attached hydrogen (secondary N) is 2. The Kier molecular flexibility index (Phi) is 5.09. The number of imide groups is 1. The molecule has 3 amide bonds. The predicted octanol–water partition coefficient (Wildman–Crippen LogP) is -0.750. The van der Waals surface area contributed by atoms with E-state index < -0.39 is 6.04 Å². The van der Waals surface area contributed by atoms with Crippen molar-refractivity contribution < 1.29 is 14.4 Å². The molecule has 0 aromatic rings. The Morgan fingerprint density at radius 3 is 2.59 bits per heavy atom. The summed E-state index contributed by atoms with van der Waals surface area (Å²) in [4.78, 5) is 35.7. The summed E-state index contributed by atoms with van der Waals surface area (Å²) in [6, 6.07) is -0.438. The number of carbonyl (C=O) groups excluding carboxylic acids is 3. The highest BCUT2D eigenvalue weighted by atomic mass is 16.2. The van der Waals surface area contributed by atoms with E-state index in [1.165, 1.54) is 0 Å². The van der Waals surface area contributed by atoms with Crippen molar-refractivity contribution in [1.29, 1.82) is 0 Å². The highest BCUT2D eigenvalue weighted by Gasteiger charge is 2.26. The largest absolute Gasteiger partial charge is 0.342 e. The van der Waals surface area contributed by atoms with Gasteiger partial charge >= 0.3 is 0 Å². The van der Waals surface area contributed by atoms with Crippen LogP contribution in [0.1, 0.15) is 26.7 Å². The van der Waals surface area contributed by atoms with Crippen molar-refractivity contribution in [2.24, 2.45) is 0 Å². The first kappa shape index (κ1) is 13.6. The SMILES string of the molecule is CCN(CC)C(=O)CNC1CCC(=O)NC1=O. The average molecular weight is 241 g/mol. The van der Waals surface area contributed by atoms with Gasteiger partial charge in [0.1, 0.15) is 0 Å². The number of nitrogens with zero attached hydrogens (tertiary/aromatic N) is 1. The maximum Gasteiger partial charge on any atom is 0.243 e. The molecule has 1 fully saturated rings. The molecule has 0 spiro atoms. The summed E-state index contributed by atoms with van der Waals surface area (Å²) in [5.74, 6) is -0.614. The molecule has 1 aliphatic heterocycles. The van der Waals surface area contributed by atoms with Crippen molar-refractivity contribution in [3.63, 3.8) is 0 Å². The molecule has 0 bridgehead atoms. The molecule has 0 radical (unpaired) electrons. The van der Waals surface area contributed by atoms with Gasteiger partial charge in [0.15, 0.2) is 0 Å². The minimum Gasteiger partial charge on any atom is -0.342 e. The van der Waals surface area contributed by atoms with E-state index in [1.54, 1.807) is 4.90 Å². The molecule has 1 saturated heterocycles. The minimum absolute atomic E-state index is 0.0281. The highest BCUT2D eigenvalue weighted by molar-refractivity contribution is 6.00. The smallest absolute Gasteiger partial charge is 0.243 e. The number of hydrogen-bond donors (Lipinski definition) is 2. The molecule has 1 unspecified atom stereocenters. The van der Waals surface area contributed by atoms with E-state index in [9.17, 15) is 14.4 Å². The first-order chi connectivity index (χ1) is 8.08. The lowest BCUT2D eigenvalue weighted by atomic mass is 10.1. The van der Waals surface area contributed by atoms with Crippen LogP contribution in [0.4, 0.5) is 0 Å². The third-order valence-corrected chi connectivity index (χ3v) is 2.86. The molecule has 6 heteroatoms. The summed E-state index contributed by atoms with van der Waals surface area (Å²) < 4.78 is 0. The molecule has 96 valence electrons. The molecule has 0 aromatic carbocycles. The quantitative estimate of drug-likeness (QED) is 0.621. The standard InChI is InChI=1S/C11H19N3O3/c1-3-14(4-2)10(16)7-12-8-5-6-9(15)13-11(8)17/h8,12H,3-7H2,1-2H3,(H,13,15,17). The van der Waals surface area contributed by atoms with Crippen molar-refractivity contribution in [3.05, 3.63) is 0 Å². The number of piperidine rings is 1. The number of likely N-dealkylation sites (N-methyl/N-ethyl adjacent to an activating group) is 1. The maximum atomic E-state index is 11.7. The molecule has 17 heavy (non-hydrogen) atoms. The number of carbonyl (C=O) groups is 3. The highest BCUT2D eigenvalue weighted by Crippen LogP contribution is 2.03. The summed E-state index contributed by atoms with van der Waals surface area (Å²) in [6.45, 7) is 5.27. The molecule has 6 nitrogen and oxygen atoms in total. The zero-order valence-electron chi connectivity index (χ0n) is 10.3. The van der Waals surface area contributed by atoms with Gasteiger partial charge in [-0.15, -0.1) is 0 Å². The van der Waals surface area contributed by atoms with Gasteiger partial charge in [0.05, 0.1) is 12.6 Å². The normalized spacial score (nSPS) is 20.0. The van der Waals surface area contributed by atoms with Crippen LogP contribution in [-0.4, -0.2) is 48.3 Å². The van der Waals surface area contributed by atoms with E-state index in [-0.39, 0.29) is 24.3 Å². The Bertz CT molecular complexity index is 313. The van der Waals surface area contributed by atoms with Gasteiger partial charge < -0.3 is 4.90 Å². The maximum absolute atomic E-state index is 11.7. The molecule has 0 aliphatic carbocycles. The van der Waals surface area contributed by atoms with Crippen molar-refractivity contribution in [3.8, 4) is 0 Å². The van der Waals surface area contributed by atoms with Crippen LogP contribution in [0, 0.1) is 0 Å². The Labute approximate surface area is 101 Å². The van der Waals surface area contributed by atoms with Gasteiger partial charge in [-0.3, -0.25) is 25.0 Å². The van der Waals surface area contributed by atoms with Crippen molar-refractivity contribution in [2.45, 2.75) is 32.7 Å². The van der Waals surface area contributed by atoms with Crippen LogP contribution >= 0.6 is 0 Å². The summed E-state index contributed by atoms with van der Waals surface area (Å²) in [6.07, 6.45) is 0.777. The molecule has 0 saturated carbocycles. The van der Waals surface area contributed by atoms with E-state index in [2.05, 4.69) is 10.6 Å². The number of hydrogen-bond acceptors (Lipinski definition) is 4. The van der Waals surface area contributed by atoms with Gasteiger partial charge in [0, 0.05) is 19.5 Å². The van der Waals surface area contributed by atoms with Gasteiger partial charge in [-0.05, 0) is 20.3 Å². The van der Waals surface area contributed by atoms with E-state index in [0.717, 1.165) is 0 Å². The van der Waals surface area contributed by atoms with Crippen LogP contribution in [0.3, 0.4) is 0 Å². The van der Waals surface area contributed by atoms with Gasteiger partial charge in [-0.1, -0.05) is 0 Å². The Balaban J connectivity index is 2.37. The lowest BCUT2D eigenvalue weighted by Gasteiger charge is -2.24. The Hall–Kier alpha value is -1.43. The second kappa shape index (κ2) is 6.34. The molecular formula is C11H19N3O3. The van der Waals surface area contributed by atoms with Gasteiger partial charge in [0.25, 0.3) is 0 Å². The Morgan fingerprint density at radius 1 is 1.41 bits per heavy atom. The van der Waals surface area contributed by atoms with Gasteiger partial charge in [0.2, 0.25) is 17.7 Å². The summed E-state index contributed by atoms with van der Waals surface area (Å²) >= 11 is 0. The zero-order chi connectivity index (χ0) is 12.8. The second-order valence-electron chi connectivity index (χ2n) is 3.95. The first-order valence-electron chi connectivity index (χ1n) is 5.93. The van der Waals surface area contributed by atoms with Crippen LogP contribution in [0.5, 0.6) is 0 Å². The monoisotopic (exact) mass is 241 g/mol. The lowest BCUT2D eigenvalue weighted by molar-refractivity contribution is -0.135. The third-order valence-electron chi connectivity index (χ3n) is 2.86. The van der Waals surface area contributed by atoms with E-state index in [0.29, 0.717) is 25.9 Å². The van der Waals surface area contributed by atoms with E-state index in [4.69, 9.17) is 0 Å². The van der Waals surface area contributed by atoms with Gasteiger partial charge in [-0.25, -0.2) is 0 Å². The van der Waals surface area contributed by atoms with Crippen molar-refractivity contribution >= 4 is 17.7 Å². The fourth-order valence-corrected chi connectivity index (χ4v) is 1.79. The zero-order valence-corrected chi connectivity index (χ0v) is 10.3. The van der Waals surface area contributed by atoms with Crippen molar-refractivity contribution in [1.82, 2.24) is 15.5 Å². The lowest BCUT2D eigenvalue weighted by Crippen LogP contribution is -2.52. The second-order valence-corrected chi connectivity index (χ2v) is 3.95. The molecule has 0 aromatic heterocycles. The topological polar surface area (TPSA) is 78.5 Å². The van der Waals surface area contributed by atoms with Crippen LogP contribution in [0.15, 0.2) is 0 Å². The van der Waals surface area contributed by atoms with Crippen molar-refractivity contribution in [2.75, 3.05) is 19.6 Å². The number of rotatable bonds is 5. The minimum atomic E-state index is -0.438. The van der Waals surface area contributed by atoms with Crippen LogP contribution in [-0.2, 0) is 14.4 Å². The molecule has 1 heterocycles. The van der Waals surface area contributed by atoms with E-state index in [1.807, 2.05) is 13.8 Å². The molecule has 2 N–H and O–H groups in total. The summed E-state index contributed by atoms with van der Waals surface area (Å²) in [5, 5.41) is 5.13. The van der Waals surface area contributed by atoms with Gasteiger partial charge in [-0.2, -0.15) is 0 Å². The summed E-state index contributed by atoms with van der Waals surface area (Å²) in [7, 11) is 0. The first-order valence-corrected chi connectivity index (χ1v) is 5.93. The molecule has 1 atom stereocenters. The average Bonchev–Trinajstić information content (AvgIpc) is 2.29. The Morgan fingerprint density at radius 2 is 2.06 bits per heavy atom. The fraction of sp³-hybridized carbons (Fsp3) is 0.727. The number of amides is 3.